The average molecular weight is 373 g/mol. The highest BCUT2D eigenvalue weighted by Gasteiger charge is 2.21. The number of aryl methyl sites for hydroxylation is 1. The molecule has 0 spiro atoms. The highest BCUT2D eigenvalue weighted by Crippen LogP contribution is 2.27. The molecule has 2 aromatic carbocycles. The van der Waals surface area contributed by atoms with Crippen molar-refractivity contribution in [2.45, 2.75) is 0 Å². The van der Waals surface area contributed by atoms with Crippen molar-refractivity contribution in [3.8, 4) is 5.75 Å². The normalized spacial score (nSPS) is 10.7. The minimum atomic E-state index is -0.652. The number of aromatic hydroxyl groups is 1. The molecule has 0 aliphatic rings. The van der Waals surface area contributed by atoms with E-state index in [-0.39, 0.29) is 11.3 Å². The van der Waals surface area contributed by atoms with Crippen molar-refractivity contribution < 1.29 is 9.90 Å². The molecule has 3 aromatic rings. The van der Waals surface area contributed by atoms with Crippen molar-refractivity contribution in [1.82, 2.24) is 4.57 Å². The molecule has 0 aliphatic carbocycles. The van der Waals surface area contributed by atoms with Gasteiger partial charge in [0, 0.05) is 16.9 Å². The fourth-order valence-corrected chi connectivity index (χ4v) is 2.82. The van der Waals surface area contributed by atoms with Crippen molar-refractivity contribution >= 4 is 38.4 Å². The third-order valence-electron chi connectivity index (χ3n) is 3.62. The summed E-state index contributed by atoms with van der Waals surface area (Å²) in [5, 5.41) is 13.5. The third-order valence-corrected chi connectivity index (χ3v) is 4.32. The van der Waals surface area contributed by atoms with Crippen LogP contribution < -0.4 is 10.9 Å². The summed E-state index contributed by atoms with van der Waals surface area (Å²) < 4.78 is 2.04. The number of carbonyl (C=O) groups is 1. The van der Waals surface area contributed by atoms with Gasteiger partial charge in [-0.05, 0) is 40.2 Å². The number of rotatable bonds is 2. The lowest BCUT2D eigenvalue weighted by molar-refractivity contribution is 0.102. The number of hydrogen-bond acceptors (Lipinski definition) is 3. The molecule has 0 saturated carbocycles. The van der Waals surface area contributed by atoms with Crippen molar-refractivity contribution in [2.24, 2.45) is 7.05 Å². The first-order valence-electron chi connectivity index (χ1n) is 6.87. The number of nitrogens with zero attached hydrogens (tertiary/aromatic N) is 1. The van der Waals surface area contributed by atoms with Gasteiger partial charge in [-0.25, -0.2) is 0 Å². The van der Waals surface area contributed by atoms with Crippen LogP contribution in [0.15, 0.2) is 57.8 Å². The van der Waals surface area contributed by atoms with E-state index in [9.17, 15) is 14.7 Å². The van der Waals surface area contributed by atoms with Gasteiger partial charge < -0.3 is 15.0 Å². The minimum Gasteiger partial charge on any atom is -0.506 e. The molecule has 2 N–H and O–H groups in total. The van der Waals surface area contributed by atoms with E-state index >= 15 is 0 Å². The Bertz CT molecular complexity index is 979. The topological polar surface area (TPSA) is 71.3 Å². The van der Waals surface area contributed by atoms with Gasteiger partial charge in [-0.3, -0.25) is 9.59 Å². The van der Waals surface area contributed by atoms with Gasteiger partial charge in [-0.1, -0.05) is 24.3 Å². The molecule has 0 radical (unpaired) electrons. The number of nitrogens with one attached hydrogen (secondary N) is 1. The maximum atomic E-state index is 12.5. The van der Waals surface area contributed by atoms with Crippen molar-refractivity contribution in [3.05, 3.63) is 68.9 Å². The number of amides is 1. The molecule has 1 aromatic heterocycles. The summed E-state index contributed by atoms with van der Waals surface area (Å²) in [5.41, 5.74) is 0.257. The zero-order valence-electron chi connectivity index (χ0n) is 12.2. The fraction of sp³-hybridized carbons (Fsp3) is 0.0588. The second kappa shape index (κ2) is 5.89. The van der Waals surface area contributed by atoms with E-state index in [1.54, 1.807) is 49.5 Å². The summed E-state index contributed by atoms with van der Waals surface area (Å²) in [7, 11) is 1.57. The Morgan fingerprint density at radius 2 is 1.78 bits per heavy atom. The number of halogens is 1. The maximum Gasteiger partial charge on any atom is 0.267 e. The standard InChI is InChI=1S/C17H13BrN2O3/c1-20-13-9-5-2-6-10(13)15(21)14(17(20)23)16(22)19-12-8-4-3-7-11(12)18/h2-9,21H,1H3,(H,19,22). The van der Waals surface area contributed by atoms with Crippen LogP contribution in [-0.4, -0.2) is 15.6 Å². The van der Waals surface area contributed by atoms with Gasteiger partial charge in [0.25, 0.3) is 11.5 Å². The van der Waals surface area contributed by atoms with Crippen LogP contribution in [0.25, 0.3) is 10.9 Å². The van der Waals surface area contributed by atoms with Gasteiger partial charge in [0.15, 0.2) is 0 Å². The highest BCUT2D eigenvalue weighted by atomic mass is 79.9. The number of fused-ring (bicyclic) bond motifs is 1. The van der Waals surface area contributed by atoms with E-state index in [2.05, 4.69) is 21.2 Å². The summed E-state index contributed by atoms with van der Waals surface area (Å²) >= 11 is 3.33. The van der Waals surface area contributed by atoms with Crippen molar-refractivity contribution in [1.29, 1.82) is 0 Å². The van der Waals surface area contributed by atoms with Gasteiger partial charge in [-0.2, -0.15) is 0 Å². The van der Waals surface area contributed by atoms with Gasteiger partial charge in [-0.15, -0.1) is 0 Å². The molecular weight excluding hydrogens is 360 g/mol. The number of para-hydroxylation sites is 2. The molecular formula is C17H13BrN2O3. The number of benzene rings is 2. The van der Waals surface area contributed by atoms with E-state index in [1.807, 2.05) is 6.07 Å². The van der Waals surface area contributed by atoms with Crippen LogP contribution in [0.5, 0.6) is 5.75 Å². The Balaban J connectivity index is 2.15. The van der Waals surface area contributed by atoms with E-state index in [4.69, 9.17) is 0 Å². The Morgan fingerprint density at radius 1 is 1.13 bits per heavy atom. The Labute approximate surface area is 140 Å². The Hall–Kier alpha value is -2.60. The maximum absolute atomic E-state index is 12.5. The summed E-state index contributed by atoms with van der Waals surface area (Å²) in [6, 6.07) is 13.9. The molecule has 5 nitrogen and oxygen atoms in total. The molecule has 1 amide bonds. The molecule has 0 saturated heterocycles. The number of pyridine rings is 1. The van der Waals surface area contributed by atoms with E-state index in [1.165, 1.54) is 4.57 Å². The predicted octanol–water partition coefficient (Wildman–Crippen LogP) is 3.26. The minimum absolute atomic E-state index is 0.276. The first-order valence-corrected chi connectivity index (χ1v) is 7.66. The third kappa shape index (κ3) is 2.61. The van der Waals surface area contributed by atoms with Crippen LogP contribution in [0.4, 0.5) is 5.69 Å². The molecule has 0 fully saturated rings. The summed E-state index contributed by atoms with van der Waals surface area (Å²) in [6.07, 6.45) is 0. The zero-order valence-corrected chi connectivity index (χ0v) is 13.8. The first-order chi connectivity index (χ1) is 11.0. The molecule has 1 heterocycles. The molecule has 6 heteroatoms. The van der Waals surface area contributed by atoms with E-state index in [0.29, 0.717) is 21.1 Å². The largest absolute Gasteiger partial charge is 0.506 e. The Morgan fingerprint density at radius 3 is 2.52 bits per heavy atom. The van der Waals surface area contributed by atoms with Crippen LogP contribution in [0, 0.1) is 0 Å². The molecule has 0 aliphatic heterocycles. The summed E-state index contributed by atoms with van der Waals surface area (Å²) in [5.74, 6) is -0.964. The fourth-order valence-electron chi connectivity index (χ4n) is 2.43. The van der Waals surface area contributed by atoms with Crippen LogP contribution in [0.1, 0.15) is 10.4 Å². The highest BCUT2D eigenvalue weighted by molar-refractivity contribution is 9.10. The SMILES string of the molecule is Cn1c(=O)c(C(=O)Nc2ccccc2Br)c(O)c2ccccc21. The van der Waals surface area contributed by atoms with E-state index < -0.39 is 11.5 Å². The van der Waals surface area contributed by atoms with Gasteiger partial charge in [0.05, 0.1) is 11.2 Å². The van der Waals surface area contributed by atoms with Crippen LogP contribution in [-0.2, 0) is 7.05 Å². The molecule has 0 bridgehead atoms. The number of anilines is 1. The smallest absolute Gasteiger partial charge is 0.267 e. The lowest BCUT2D eigenvalue weighted by atomic mass is 10.1. The second-order valence-corrected chi connectivity index (χ2v) is 5.89. The average Bonchev–Trinajstić information content (AvgIpc) is 2.55. The van der Waals surface area contributed by atoms with Gasteiger partial charge in [0.1, 0.15) is 11.3 Å². The van der Waals surface area contributed by atoms with Crippen molar-refractivity contribution in [3.63, 3.8) is 0 Å². The molecule has 0 atom stereocenters. The van der Waals surface area contributed by atoms with Crippen LogP contribution in [0.3, 0.4) is 0 Å². The molecule has 116 valence electrons. The van der Waals surface area contributed by atoms with Gasteiger partial charge in [0.2, 0.25) is 0 Å². The van der Waals surface area contributed by atoms with Crippen LogP contribution in [0.2, 0.25) is 0 Å². The zero-order chi connectivity index (χ0) is 16.6. The first kappa shape index (κ1) is 15.3. The van der Waals surface area contributed by atoms with Crippen LogP contribution >= 0.6 is 15.9 Å². The number of carbonyl (C=O) groups excluding carboxylic acids is 1. The van der Waals surface area contributed by atoms with E-state index in [0.717, 1.165) is 0 Å². The molecule has 23 heavy (non-hydrogen) atoms. The summed E-state index contributed by atoms with van der Waals surface area (Å²) in [4.78, 5) is 24.9. The van der Waals surface area contributed by atoms with Gasteiger partial charge >= 0.3 is 0 Å². The number of aromatic nitrogens is 1. The summed E-state index contributed by atoms with van der Waals surface area (Å²) in [6.45, 7) is 0. The monoisotopic (exact) mass is 372 g/mol. The number of hydrogen-bond donors (Lipinski definition) is 2. The lowest BCUT2D eigenvalue weighted by Gasteiger charge is -2.12. The van der Waals surface area contributed by atoms with Crippen molar-refractivity contribution in [2.75, 3.05) is 5.32 Å². The lowest BCUT2D eigenvalue weighted by Crippen LogP contribution is -2.28. The molecule has 0 unspecified atom stereocenters. The Kier molecular flexibility index (Phi) is 3.92. The second-order valence-electron chi connectivity index (χ2n) is 5.04. The predicted molar refractivity (Wildman–Crippen MR) is 92.9 cm³/mol. The quantitative estimate of drug-likeness (QED) is 0.725. The molecule has 3 rings (SSSR count).